The quantitative estimate of drug-likeness (QED) is 0.230. The Bertz CT molecular complexity index is 620. The van der Waals surface area contributed by atoms with Crippen LogP contribution in [0.15, 0.2) is 0 Å². The Hall–Kier alpha value is -2.20. The molecule has 0 N–H and O–H groups in total. The lowest BCUT2D eigenvalue weighted by Crippen LogP contribution is -2.63. The Morgan fingerprint density at radius 1 is 0.688 bits per heavy atom. The molecule has 10 nitrogen and oxygen atoms in total. The molecule has 5 atom stereocenters. The molecule has 0 aromatic rings. The summed E-state index contributed by atoms with van der Waals surface area (Å²) in [5.41, 5.74) is 0. The number of esters is 4. The molecule has 0 saturated carbocycles. The van der Waals surface area contributed by atoms with E-state index in [1.807, 2.05) is 0 Å². The summed E-state index contributed by atoms with van der Waals surface area (Å²) < 4.78 is 32.8. The maximum Gasteiger partial charge on any atom is 0.303 e. The van der Waals surface area contributed by atoms with Gasteiger partial charge in [0.05, 0.1) is 0 Å². The Labute approximate surface area is 189 Å². The van der Waals surface area contributed by atoms with Gasteiger partial charge in [-0.3, -0.25) is 19.2 Å². The SMILES string of the molecule is CCCCCCCCO[C@H]1O[C@H](COC(C)=O)[C@@H](OC(C)=O)[C@H](OC(C)=O)[C@@H]1OC(C)=O. The van der Waals surface area contributed by atoms with Gasteiger partial charge in [-0.15, -0.1) is 0 Å². The van der Waals surface area contributed by atoms with Gasteiger partial charge in [-0.25, -0.2) is 0 Å². The maximum atomic E-state index is 11.8. The summed E-state index contributed by atoms with van der Waals surface area (Å²) in [6.45, 7) is 6.97. The second kappa shape index (κ2) is 14.8. The molecule has 0 aliphatic carbocycles. The molecular weight excluding hydrogens is 424 g/mol. The van der Waals surface area contributed by atoms with Crippen molar-refractivity contribution in [2.75, 3.05) is 13.2 Å². The van der Waals surface area contributed by atoms with Crippen LogP contribution in [0.3, 0.4) is 0 Å². The summed E-state index contributed by atoms with van der Waals surface area (Å²) in [4.78, 5) is 46.5. The van der Waals surface area contributed by atoms with Crippen LogP contribution in [0.25, 0.3) is 0 Å². The zero-order valence-electron chi connectivity index (χ0n) is 19.6. The maximum absolute atomic E-state index is 11.8. The van der Waals surface area contributed by atoms with Crippen molar-refractivity contribution < 1.29 is 47.6 Å². The van der Waals surface area contributed by atoms with Crippen LogP contribution < -0.4 is 0 Å². The lowest BCUT2D eigenvalue weighted by atomic mass is 9.98. The summed E-state index contributed by atoms with van der Waals surface area (Å²) in [5, 5.41) is 0. The van der Waals surface area contributed by atoms with E-state index in [1.54, 1.807) is 0 Å². The van der Waals surface area contributed by atoms with Crippen LogP contribution in [0.1, 0.15) is 73.1 Å². The topological polar surface area (TPSA) is 124 Å². The van der Waals surface area contributed by atoms with Crippen LogP contribution in [0.4, 0.5) is 0 Å². The van der Waals surface area contributed by atoms with Gasteiger partial charge in [-0.05, 0) is 6.42 Å². The second-order valence-corrected chi connectivity index (χ2v) is 7.71. The fourth-order valence-electron chi connectivity index (χ4n) is 3.40. The molecule has 1 heterocycles. The third-order valence-corrected chi connectivity index (χ3v) is 4.73. The summed E-state index contributed by atoms with van der Waals surface area (Å²) in [7, 11) is 0. The molecule has 0 aromatic carbocycles. The highest BCUT2D eigenvalue weighted by atomic mass is 16.7. The van der Waals surface area contributed by atoms with Gasteiger partial charge in [-0.2, -0.15) is 0 Å². The Morgan fingerprint density at radius 2 is 1.22 bits per heavy atom. The first-order chi connectivity index (χ1) is 15.1. The lowest BCUT2D eigenvalue weighted by Gasteiger charge is -2.44. The minimum Gasteiger partial charge on any atom is -0.463 e. The van der Waals surface area contributed by atoms with Crippen molar-refractivity contribution in [3.8, 4) is 0 Å². The largest absolute Gasteiger partial charge is 0.463 e. The van der Waals surface area contributed by atoms with E-state index in [-0.39, 0.29) is 6.61 Å². The molecule has 184 valence electrons. The summed E-state index contributed by atoms with van der Waals surface area (Å²) in [5.74, 6) is -2.56. The van der Waals surface area contributed by atoms with Gasteiger partial charge in [0.1, 0.15) is 12.7 Å². The molecule has 10 heteroatoms. The van der Waals surface area contributed by atoms with Crippen molar-refractivity contribution in [3.05, 3.63) is 0 Å². The molecular formula is C22H36O10. The Morgan fingerprint density at radius 3 is 1.78 bits per heavy atom. The van der Waals surface area contributed by atoms with Gasteiger partial charge >= 0.3 is 23.9 Å². The fraction of sp³-hybridized carbons (Fsp3) is 0.818. The van der Waals surface area contributed by atoms with E-state index in [0.29, 0.717) is 6.61 Å². The number of ether oxygens (including phenoxy) is 6. The Balaban J connectivity index is 3.01. The number of carbonyl (C=O) groups is 4. The summed E-state index contributed by atoms with van der Waals surface area (Å²) >= 11 is 0. The van der Waals surface area contributed by atoms with Gasteiger partial charge in [0.15, 0.2) is 24.6 Å². The minimum absolute atomic E-state index is 0.269. The van der Waals surface area contributed by atoms with E-state index >= 15 is 0 Å². The molecule has 0 spiro atoms. The molecule has 0 amide bonds. The fourth-order valence-corrected chi connectivity index (χ4v) is 3.40. The van der Waals surface area contributed by atoms with Gasteiger partial charge in [0, 0.05) is 34.3 Å². The normalized spacial score (nSPS) is 25.0. The van der Waals surface area contributed by atoms with Crippen molar-refractivity contribution in [1.82, 2.24) is 0 Å². The molecule has 0 aromatic heterocycles. The van der Waals surface area contributed by atoms with Crippen molar-refractivity contribution in [1.29, 1.82) is 0 Å². The highest BCUT2D eigenvalue weighted by Crippen LogP contribution is 2.30. The van der Waals surface area contributed by atoms with Crippen LogP contribution in [-0.2, 0) is 47.6 Å². The molecule has 1 aliphatic rings. The minimum atomic E-state index is -1.20. The van der Waals surface area contributed by atoms with Gasteiger partial charge in [-0.1, -0.05) is 39.0 Å². The first-order valence-corrected chi connectivity index (χ1v) is 11.1. The van der Waals surface area contributed by atoms with E-state index in [4.69, 9.17) is 28.4 Å². The predicted molar refractivity (Wildman–Crippen MR) is 111 cm³/mol. The van der Waals surface area contributed by atoms with Crippen LogP contribution in [0.5, 0.6) is 0 Å². The molecule has 1 fully saturated rings. The van der Waals surface area contributed by atoms with Crippen LogP contribution in [0, 0.1) is 0 Å². The molecule has 0 unspecified atom stereocenters. The smallest absolute Gasteiger partial charge is 0.303 e. The van der Waals surface area contributed by atoms with E-state index < -0.39 is 54.6 Å². The highest BCUT2D eigenvalue weighted by molar-refractivity contribution is 5.68. The standard InChI is InChI=1S/C22H36O10/c1-6-7-8-9-10-11-12-27-22-21(31-17(5)26)20(30-16(4)25)19(29-15(3)24)18(32-22)13-28-14(2)23/h18-22H,6-13H2,1-5H3/t18-,19-,20+,21+,22+/m1/s1. The number of hydrogen-bond acceptors (Lipinski definition) is 10. The van der Waals surface area contributed by atoms with Crippen molar-refractivity contribution in [2.24, 2.45) is 0 Å². The van der Waals surface area contributed by atoms with Crippen molar-refractivity contribution in [2.45, 2.75) is 104 Å². The van der Waals surface area contributed by atoms with Crippen LogP contribution >= 0.6 is 0 Å². The van der Waals surface area contributed by atoms with Gasteiger partial charge in [0.25, 0.3) is 0 Å². The van der Waals surface area contributed by atoms with Crippen LogP contribution in [0.2, 0.25) is 0 Å². The predicted octanol–water partition coefficient (Wildman–Crippen LogP) is 2.45. The van der Waals surface area contributed by atoms with Gasteiger partial charge in [0.2, 0.25) is 0 Å². The van der Waals surface area contributed by atoms with E-state index in [9.17, 15) is 19.2 Å². The zero-order valence-corrected chi connectivity index (χ0v) is 19.6. The third kappa shape index (κ3) is 10.4. The molecule has 0 bridgehead atoms. The zero-order chi connectivity index (χ0) is 24.1. The molecule has 32 heavy (non-hydrogen) atoms. The van der Waals surface area contributed by atoms with Gasteiger partial charge < -0.3 is 28.4 Å². The van der Waals surface area contributed by atoms with E-state index in [0.717, 1.165) is 32.1 Å². The summed E-state index contributed by atoms with van der Waals surface area (Å²) in [6.07, 6.45) is 0.641. The number of rotatable bonds is 13. The number of carbonyl (C=O) groups excluding carboxylic acids is 4. The lowest BCUT2D eigenvalue weighted by molar-refractivity contribution is -0.308. The third-order valence-electron chi connectivity index (χ3n) is 4.73. The first kappa shape index (κ1) is 27.8. The molecule has 1 saturated heterocycles. The number of hydrogen-bond donors (Lipinski definition) is 0. The molecule has 1 aliphatic heterocycles. The Kier molecular flexibility index (Phi) is 12.9. The van der Waals surface area contributed by atoms with Crippen molar-refractivity contribution >= 4 is 23.9 Å². The average Bonchev–Trinajstić information content (AvgIpc) is 2.68. The monoisotopic (exact) mass is 460 g/mol. The first-order valence-electron chi connectivity index (χ1n) is 11.1. The molecule has 0 radical (unpaired) electrons. The average molecular weight is 461 g/mol. The van der Waals surface area contributed by atoms with Crippen molar-refractivity contribution in [3.63, 3.8) is 0 Å². The van der Waals surface area contributed by atoms with Crippen LogP contribution in [-0.4, -0.2) is 67.8 Å². The summed E-state index contributed by atoms with van der Waals surface area (Å²) in [6, 6.07) is 0. The van der Waals surface area contributed by atoms with E-state index in [1.165, 1.54) is 34.1 Å². The highest BCUT2D eigenvalue weighted by Gasteiger charge is 2.52. The molecule has 1 rings (SSSR count). The second-order valence-electron chi connectivity index (χ2n) is 7.71. The number of unbranched alkanes of at least 4 members (excludes halogenated alkanes) is 5. The van der Waals surface area contributed by atoms with E-state index in [2.05, 4.69) is 6.92 Å².